The molecule has 1 aromatic carbocycles. The number of nitrogens with zero attached hydrogens (tertiary/aromatic N) is 3. The average molecular weight is 401 g/mol. The van der Waals surface area contributed by atoms with Crippen molar-refractivity contribution in [2.45, 2.75) is 30.7 Å². The number of amides is 2. The lowest BCUT2D eigenvalue weighted by atomic mass is 10.1. The molecule has 7 nitrogen and oxygen atoms in total. The summed E-state index contributed by atoms with van der Waals surface area (Å²) >= 11 is 0. The number of urea groups is 1. The first kappa shape index (κ1) is 21.6. The van der Waals surface area contributed by atoms with E-state index < -0.39 is 15.8 Å². The van der Waals surface area contributed by atoms with E-state index in [0.29, 0.717) is 13.1 Å². The Morgan fingerprint density at radius 1 is 1.19 bits per heavy atom. The molecule has 9 heteroatoms. The maximum Gasteiger partial charge on any atom is 0.317 e. The molecule has 27 heavy (non-hydrogen) atoms. The van der Waals surface area contributed by atoms with Gasteiger partial charge in [0.2, 0.25) is 10.0 Å². The van der Waals surface area contributed by atoms with Crippen molar-refractivity contribution in [3.8, 4) is 0 Å². The fourth-order valence-electron chi connectivity index (χ4n) is 2.95. The number of halogens is 1. The van der Waals surface area contributed by atoms with E-state index in [1.165, 1.54) is 16.4 Å². The largest absolute Gasteiger partial charge is 0.335 e. The molecule has 2 rings (SSSR count). The molecule has 0 radical (unpaired) electrons. The minimum Gasteiger partial charge on any atom is -0.335 e. The third-order valence-corrected chi connectivity index (χ3v) is 6.64. The minimum absolute atomic E-state index is 0.0662. The molecule has 1 heterocycles. The second-order valence-corrected chi connectivity index (χ2v) is 8.93. The van der Waals surface area contributed by atoms with E-state index in [0.717, 1.165) is 31.5 Å². The highest BCUT2D eigenvalue weighted by molar-refractivity contribution is 7.89. The Balaban J connectivity index is 1.90. The van der Waals surface area contributed by atoms with Gasteiger partial charge < -0.3 is 15.1 Å². The number of nitrogens with one attached hydrogen (secondary N) is 1. The van der Waals surface area contributed by atoms with E-state index in [4.69, 9.17) is 0 Å². The third-order valence-electron chi connectivity index (χ3n) is 4.72. The normalized spacial score (nSPS) is 17.1. The van der Waals surface area contributed by atoms with Gasteiger partial charge in [0.05, 0.1) is 4.90 Å². The lowest BCUT2D eigenvalue weighted by Gasteiger charge is -2.35. The van der Waals surface area contributed by atoms with Gasteiger partial charge >= 0.3 is 6.03 Å². The minimum atomic E-state index is -3.67. The van der Waals surface area contributed by atoms with Crippen LogP contribution in [0.4, 0.5) is 9.18 Å². The number of carbonyl (C=O) groups is 1. The Labute approximate surface area is 161 Å². The molecule has 1 unspecified atom stereocenters. The summed E-state index contributed by atoms with van der Waals surface area (Å²) in [4.78, 5) is 16.3. The van der Waals surface area contributed by atoms with Crippen molar-refractivity contribution in [3.05, 3.63) is 30.1 Å². The van der Waals surface area contributed by atoms with Gasteiger partial charge in [0, 0.05) is 32.2 Å². The second-order valence-electron chi connectivity index (χ2n) is 6.99. The standard InChI is InChI=1S/C18H29FN4O3S/c1-4-16(9-10-21(2)3)20-18(24)22-11-13-23(14-12-22)27(25,26)17-7-5-15(19)6-8-17/h5-8,16H,4,9-14H2,1-3H3,(H,20,24). The lowest BCUT2D eigenvalue weighted by Crippen LogP contribution is -2.54. The van der Waals surface area contributed by atoms with Crippen LogP contribution in [0.15, 0.2) is 29.2 Å². The molecule has 0 aliphatic carbocycles. The van der Waals surface area contributed by atoms with Gasteiger partial charge in [-0.1, -0.05) is 6.92 Å². The highest BCUT2D eigenvalue weighted by Crippen LogP contribution is 2.18. The van der Waals surface area contributed by atoms with Crippen LogP contribution in [0.3, 0.4) is 0 Å². The zero-order valence-corrected chi connectivity index (χ0v) is 17.0. The predicted octanol–water partition coefficient (Wildman–Crippen LogP) is 1.57. The summed E-state index contributed by atoms with van der Waals surface area (Å²) in [7, 11) is 0.320. The van der Waals surface area contributed by atoms with Gasteiger partial charge in [-0.2, -0.15) is 4.31 Å². The Morgan fingerprint density at radius 2 is 1.78 bits per heavy atom. The van der Waals surface area contributed by atoms with E-state index in [9.17, 15) is 17.6 Å². The second kappa shape index (κ2) is 9.48. The van der Waals surface area contributed by atoms with Gasteiger partial charge in [-0.15, -0.1) is 0 Å². The molecule has 1 aliphatic rings. The van der Waals surface area contributed by atoms with Crippen molar-refractivity contribution >= 4 is 16.1 Å². The van der Waals surface area contributed by atoms with Crippen molar-refractivity contribution < 1.29 is 17.6 Å². The molecule has 1 atom stereocenters. The summed E-state index contributed by atoms with van der Waals surface area (Å²) in [5.41, 5.74) is 0. The summed E-state index contributed by atoms with van der Waals surface area (Å²) in [6.45, 7) is 4.03. The van der Waals surface area contributed by atoms with Crippen LogP contribution in [0.1, 0.15) is 19.8 Å². The number of sulfonamides is 1. The van der Waals surface area contributed by atoms with Crippen LogP contribution in [0.5, 0.6) is 0 Å². The molecule has 0 bridgehead atoms. The fourth-order valence-corrected chi connectivity index (χ4v) is 4.37. The van der Waals surface area contributed by atoms with Gasteiger partial charge in [0.25, 0.3) is 0 Å². The quantitative estimate of drug-likeness (QED) is 0.754. The molecule has 2 amide bonds. The molecule has 1 aliphatic heterocycles. The van der Waals surface area contributed by atoms with E-state index in [2.05, 4.69) is 10.2 Å². The molecule has 1 aromatic rings. The van der Waals surface area contributed by atoms with E-state index in [1.807, 2.05) is 21.0 Å². The molecular weight excluding hydrogens is 371 g/mol. The van der Waals surface area contributed by atoms with Crippen LogP contribution >= 0.6 is 0 Å². The van der Waals surface area contributed by atoms with Crippen molar-refractivity contribution in [1.29, 1.82) is 0 Å². The Bertz CT molecular complexity index is 717. The zero-order chi connectivity index (χ0) is 20.0. The van der Waals surface area contributed by atoms with E-state index in [1.54, 1.807) is 4.90 Å². The summed E-state index contributed by atoms with van der Waals surface area (Å²) < 4.78 is 39.6. The number of benzene rings is 1. The van der Waals surface area contributed by atoms with Gasteiger partial charge in [0.1, 0.15) is 5.82 Å². The van der Waals surface area contributed by atoms with Crippen molar-refractivity contribution in [2.24, 2.45) is 0 Å². The van der Waals surface area contributed by atoms with Crippen LogP contribution in [0.2, 0.25) is 0 Å². The van der Waals surface area contributed by atoms with E-state index in [-0.39, 0.29) is 30.1 Å². The van der Waals surface area contributed by atoms with Gasteiger partial charge in [-0.05, 0) is 57.7 Å². The Hall–Kier alpha value is -1.71. The number of hydrogen-bond donors (Lipinski definition) is 1. The van der Waals surface area contributed by atoms with Crippen LogP contribution in [-0.2, 0) is 10.0 Å². The molecule has 0 spiro atoms. The zero-order valence-electron chi connectivity index (χ0n) is 16.2. The summed E-state index contributed by atoms with van der Waals surface area (Å²) in [5, 5.41) is 3.03. The first-order valence-corrected chi connectivity index (χ1v) is 10.6. The van der Waals surface area contributed by atoms with Crippen molar-refractivity contribution in [2.75, 3.05) is 46.8 Å². The summed E-state index contributed by atoms with van der Waals surface area (Å²) in [5.74, 6) is -0.477. The maximum atomic E-state index is 13.0. The average Bonchev–Trinajstić information content (AvgIpc) is 2.65. The number of hydrogen-bond acceptors (Lipinski definition) is 4. The molecule has 1 N–H and O–H groups in total. The number of rotatable bonds is 7. The summed E-state index contributed by atoms with van der Waals surface area (Å²) in [6, 6.07) is 4.74. The lowest BCUT2D eigenvalue weighted by molar-refractivity contribution is 0.167. The van der Waals surface area contributed by atoms with E-state index >= 15 is 0 Å². The topological polar surface area (TPSA) is 73.0 Å². The Morgan fingerprint density at radius 3 is 2.30 bits per heavy atom. The van der Waals surface area contributed by atoms with Crippen LogP contribution < -0.4 is 5.32 Å². The van der Waals surface area contributed by atoms with Gasteiger partial charge in [0.15, 0.2) is 0 Å². The van der Waals surface area contributed by atoms with Crippen molar-refractivity contribution in [1.82, 2.24) is 19.4 Å². The highest BCUT2D eigenvalue weighted by atomic mass is 32.2. The van der Waals surface area contributed by atoms with Gasteiger partial charge in [-0.25, -0.2) is 17.6 Å². The molecule has 152 valence electrons. The molecule has 1 fully saturated rings. The summed E-state index contributed by atoms with van der Waals surface area (Å²) in [6.07, 6.45) is 1.71. The molecule has 0 saturated carbocycles. The molecule has 0 aromatic heterocycles. The van der Waals surface area contributed by atoms with Crippen LogP contribution in [0, 0.1) is 5.82 Å². The van der Waals surface area contributed by atoms with Crippen LogP contribution in [0.25, 0.3) is 0 Å². The smallest absolute Gasteiger partial charge is 0.317 e. The first-order valence-electron chi connectivity index (χ1n) is 9.20. The highest BCUT2D eigenvalue weighted by Gasteiger charge is 2.30. The first-order chi connectivity index (χ1) is 12.7. The molecular formula is C18H29FN4O3S. The number of piperazine rings is 1. The third kappa shape index (κ3) is 5.88. The monoisotopic (exact) mass is 400 g/mol. The number of carbonyl (C=O) groups excluding carboxylic acids is 1. The Kier molecular flexibility index (Phi) is 7.58. The molecule has 1 saturated heterocycles. The SMILES string of the molecule is CCC(CCN(C)C)NC(=O)N1CCN(S(=O)(=O)c2ccc(F)cc2)CC1. The predicted molar refractivity (Wildman–Crippen MR) is 103 cm³/mol. The maximum absolute atomic E-state index is 13.0. The fraction of sp³-hybridized carbons (Fsp3) is 0.611. The van der Waals surface area contributed by atoms with Gasteiger partial charge in [-0.3, -0.25) is 0 Å². The van der Waals surface area contributed by atoms with Crippen LogP contribution in [-0.4, -0.2) is 81.4 Å². The van der Waals surface area contributed by atoms with Crippen molar-refractivity contribution in [3.63, 3.8) is 0 Å².